The second-order valence-corrected chi connectivity index (χ2v) is 7.18. The molecule has 2 aromatic rings. The monoisotopic (exact) mass is 392 g/mol. The van der Waals surface area contributed by atoms with Gasteiger partial charge in [-0.2, -0.15) is 4.39 Å². The summed E-state index contributed by atoms with van der Waals surface area (Å²) >= 11 is 1.52. The van der Waals surface area contributed by atoms with Crippen molar-refractivity contribution >= 4 is 34.6 Å². The third-order valence-corrected chi connectivity index (χ3v) is 5.43. The Labute approximate surface area is 158 Å². The van der Waals surface area contributed by atoms with Crippen LogP contribution in [0, 0.1) is 15.9 Å². The zero-order chi connectivity index (χ0) is 19.6. The standard InChI is InChI=1S/C18H17FN2O5S/c1-10(17(22)20-11-6-7-14(19)15(8-11)21(24)25)26-18(23)13-9-27-16-5-3-2-4-12(13)16/h6-10H,2-5H2,1H3,(H,20,22)/t10-/m1/s1. The lowest BCUT2D eigenvalue weighted by atomic mass is 9.96. The molecule has 0 spiro atoms. The first kappa shape index (κ1) is 19.0. The quantitative estimate of drug-likeness (QED) is 0.473. The van der Waals surface area contributed by atoms with Crippen molar-refractivity contribution in [2.75, 3.05) is 5.32 Å². The Morgan fingerprint density at radius 2 is 2.07 bits per heavy atom. The second kappa shape index (κ2) is 7.83. The molecule has 27 heavy (non-hydrogen) atoms. The summed E-state index contributed by atoms with van der Waals surface area (Å²) in [7, 11) is 0. The third kappa shape index (κ3) is 4.13. The number of benzene rings is 1. The number of nitro benzene ring substituents is 1. The summed E-state index contributed by atoms with van der Waals surface area (Å²) in [6, 6.07) is 3.00. The van der Waals surface area contributed by atoms with Gasteiger partial charge in [0, 0.05) is 22.0 Å². The van der Waals surface area contributed by atoms with E-state index in [0.717, 1.165) is 43.4 Å². The molecule has 1 amide bonds. The Bertz CT molecular complexity index is 911. The summed E-state index contributed by atoms with van der Waals surface area (Å²) in [5.41, 5.74) is 0.788. The van der Waals surface area contributed by atoms with E-state index in [2.05, 4.69) is 5.32 Å². The first-order valence-electron chi connectivity index (χ1n) is 8.42. The van der Waals surface area contributed by atoms with Crippen LogP contribution >= 0.6 is 11.3 Å². The number of nitrogens with one attached hydrogen (secondary N) is 1. The number of anilines is 1. The molecular weight excluding hydrogens is 375 g/mol. The van der Waals surface area contributed by atoms with E-state index < -0.39 is 34.4 Å². The number of ether oxygens (including phenoxy) is 1. The van der Waals surface area contributed by atoms with Gasteiger partial charge in [0.05, 0.1) is 10.5 Å². The van der Waals surface area contributed by atoms with E-state index in [0.29, 0.717) is 5.56 Å². The van der Waals surface area contributed by atoms with Crippen molar-refractivity contribution in [3.05, 3.63) is 55.5 Å². The maximum Gasteiger partial charge on any atom is 0.340 e. The SMILES string of the molecule is C[C@@H](OC(=O)c1csc2c1CCCC2)C(=O)Nc1ccc(F)c([N+](=O)[O-])c1. The van der Waals surface area contributed by atoms with Crippen LogP contribution < -0.4 is 5.32 Å². The number of fused-ring (bicyclic) bond motifs is 1. The molecule has 0 aliphatic heterocycles. The van der Waals surface area contributed by atoms with Crippen LogP contribution in [0.2, 0.25) is 0 Å². The molecule has 3 rings (SSSR count). The van der Waals surface area contributed by atoms with E-state index in [9.17, 15) is 24.1 Å². The molecule has 1 N–H and O–H groups in total. The van der Waals surface area contributed by atoms with E-state index in [1.54, 1.807) is 5.38 Å². The lowest BCUT2D eigenvalue weighted by Crippen LogP contribution is -2.30. The lowest BCUT2D eigenvalue weighted by Gasteiger charge is -2.15. The number of hydrogen-bond donors (Lipinski definition) is 1. The molecule has 1 aliphatic carbocycles. The third-order valence-electron chi connectivity index (χ3n) is 4.34. The second-order valence-electron chi connectivity index (χ2n) is 6.22. The number of esters is 1. The van der Waals surface area contributed by atoms with Gasteiger partial charge >= 0.3 is 11.7 Å². The van der Waals surface area contributed by atoms with Crippen LogP contribution in [-0.4, -0.2) is 22.9 Å². The van der Waals surface area contributed by atoms with Crippen molar-refractivity contribution in [1.82, 2.24) is 0 Å². The zero-order valence-corrected chi connectivity index (χ0v) is 15.3. The number of hydrogen-bond acceptors (Lipinski definition) is 6. The number of amides is 1. The van der Waals surface area contributed by atoms with E-state index in [1.165, 1.54) is 29.2 Å². The molecule has 1 atom stereocenters. The summed E-state index contributed by atoms with van der Waals surface area (Å²) in [6.07, 6.45) is 2.78. The van der Waals surface area contributed by atoms with E-state index in [1.807, 2.05) is 0 Å². The van der Waals surface area contributed by atoms with Crippen molar-refractivity contribution in [3.63, 3.8) is 0 Å². The lowest BCUT2D eigenvalue weighted by molar-refractivity contribution is -0.387. The van der Waals surface area contributed by atoms with Gasteiger partial charge < -0.3 is 10.1 Å². The van der Waals surface area contributed by atoms with Crippen LogP contribution in [0.15, 0.2) is 23.6 Å². The molecule has 1 aliphatic rings. The number of carbonyl (C=O) groups excluding carboxylic acids is 2. The minimum Gasteiger partial charge on any atom is -0.449 e. The van der Waals surface area contributed by atoms with E-state index in [-0.39, 0.29) is 5.69 Å². The molecule has 9 heteroatoms. The number of thiophene rings is 1. The van der Waals surface area contributed by atoms with Gasteiger partial charge in [-0.3, -0.25) is 14.9 Å². The number of nitro groups is 1. The van der Waals surface area contributed by atoms with Crippen LogP contribution in [0.4, 0.5) is 15.8 Å². The molecule has 0 radical (unpaired) electrons. The van der Waals surface area contributed by atoms with Gasteiger partial charge in [-0.15, -0.1) is 11.3 Å². The predicted molar refractivity (Wildman–Crippen MR) is 97.5 cm³/mol. The average molecular weight is 392 g/mol. The number of nitrogens with zero attached hydrogens (tertiary/aromatic N) is 1. The van der Waals surface area contributed by atoms with Crippen molar-refractivity contribution in [1.29, 1.82) is 0 Å². The van der Waals surface area contributed by atoms with Crippen LogP contribution in [0.3, 0.4) is 0 Å². The smallest absolute Gasteiger partial charge is 0.340 e. The Morgan fingerprint density at radius 1 is 1.33 bits per heavy atom. The number of carbonyl (C=O) groups is 2. The van der Waals surface area contributed by atoms with Crippen molar-refractivity contribution in [2.24, 2.45) is 0 Å². The van der Waals surface area contributed by atoms with Gasteiger partial charge in [-0.25, -0.2) is 4.79 Å². The first-order chi connectivity index (χ1) is 12.9. The number of rotatable bonds is 5. The highest BCUT2D eigenvalue weighted by Crippen LogP contribution is 2.31. The minimum atomic E-state index is -1.11. The van der Waals surface area contributed by atoms with Gasteiger partial charge in [0.15, 0.2) is 6.10 Å². The highest BCUT2D eigenvalue weighted by molar-refractivity contribution is 7.10. The van der Waals surface area contributed by atoms with Crippen molar-refractivity contribution in [3.8, 4) is 0 Å². The molecule has 0 unspecified atom stereocenters. The maximum absolute atomic E-state index is 13.4. The van der Waals surface area contributed by atoms with Crippen LogP contribution in [0.25, 0.3) is 0 Å². The molecule has 0 fully saturated rings. The summed E-state index contributed by atoms with van der Waals surface area (Å²) in [5, 5.41) is 14.9. The Hall–Kier alpha value is -2.81. The fourth-order valence-corrected chi connectivity index (χ4v) is 4.03. The largest absolute Gasteiger partial charge is 0.449 e. The van der Waals surface area contributed by atoms with Gasteiger partial charge in [0.2, 0.25) is 5.82 Å². The summed E-state index contributed by atoms with van der Waals surface area (Å²) in [5.74, 6) is -2.23. The predicted octanol–water partition coefficient (Wildman–Crippen LogP) is 3.86. The van der Waals surface area contributed by atoms with Crippen LogP contribution in [0.1, 0.15) is 40.6 Å². The Kier molecular flexibility index (Phi) is 5.50. The van der Waals surface area contributed by atoms with Gasteiger partial charge in [-0.1, -0.05) is 0 Å². The highest BCUT2D eigenvalue weighted by atomic mass is 32.1. The summed E-state index contributed by atoms with van der Waals surface area (Å²) in [6.45, 7) is 1.41. The Balaban J connectivity index is 1.66. The molecule has 1 heterocycles. The van der Waals surface area contributed by atoms with Crippen molar-refractivity contribution in [2.45, 2.75) is 38.7 Å². The number of halogens is 1. The number of aryl methyl sites for hydroxylation is 1. The van der Waals surface area contributed by atoms with Gasteiger partial charge in [0.25, 0.3) is 5.91 Å². The molecule has 0 saturated carbocycles. The minimum absolute atomic E-state index is 0.0453. The Morgan fingerprint density at radius 3 is 2.81 bits per heavy atom. The van der Waals surface area contributed by atoms with Gasteiger partial charge in [0.1, 0.15) is 0 Å². The zero-order valence-electron chi connectivity index (χ0n) is 14.5. The highest BCUT2D eigenvalue weighted by Gasteiger charge is 2.25. The topological polar surface area (TPSA) is 98.5 Å². The first-order valence-corrected chi connectivity index (χ1v) is 9.30. The molecule has 0 bridgehead atoms. The molecule has 1 aromatic carbocycles. The van der Waals surface area contributed by atoms with Gasteiger partial charge in [-0.05, 0) is 50.3 Å². The summed E-state index contributed by atoms with van der Waals surface area (Å²) in [4.78, 5) is 35.7. The maximum atomic E-state index is 13.4. The molecule has 7 nitrogen and oxygen atoms in total. The molecular formula is C18H17FN2O5S. The summed E-state index contributed by atoms with van der Waals surface area (Å²) < 4.78 is 18.6. The van der Waals surface area contributed by atoms with E-state index in [4.69, 9.17) is 4.74 Å². The molecule has 142 valence electrons. The van der Waals surface area contributed by atoms with Crippen LogP contribution in [0.5, 0.6) is 0 Å². The fourth-order valence-electron chi connectivity index (χ4n) is 2.92. The van der Waals surface area contributed by atoms with Crippen LogP contribution in [-0.2, 0) is 22.4 Å². The van der Waals surface area contributed by atoms with E-state index >= 15 is 0 Å². The molecule has 1 aromatic heterocycles. The average Bonchev–Trinajstić information content (AvgIpc) is 3.07. The fraction of sp³-hybridized carbons (Fsp3) is 0.333. The van der Waals surface area contributed by atoms with Crippen molar-refractivity contribution < 1.29 is 23.6 Å². The molecule has 0 saturated heterocycles. The normalized spacial score (nSPS) is 14.1.